The van der Waals surface area contributed by atoms with Gasteiger partial charge in [0.05, 0.1) is 0 Å². The fourth-order valence-electron chi connectivity index (χ4n) is 2.81. The predicted octanol–water partition coefficient (Wildman–Crippen LogP) is 2.36. The van der Waals surface area contributed by atoms with Gasteiger partial charge in [0.25, 0.3) is 0 Å². The minimum absolute atomic E-state index is 0.679. The van der Waals surface area contributed by atoms with Gasteiger partial charge in [-0.15, -0.1) is 0 Å². The van der Waals surface area contributed by atoms with Crippen molar-refractivity contribution in [3.63, 3.8) is 0 Å². The molecule has 21 heavy (non-hydrogen) atoms. The number of rotatable bonds is 8. The molecule has 118 valence electrons. The number of hydrogen-bond donors (Lipinski definition) is 1. The Hall–Kier alpha value is -1.13. The fourth-order valence-corrected chi connectivity index (χ4v) is 2.81. The van der Waals surface area contributed by atoms with Crippen molar-refractivity contribution in [1.29, 1.82) is 0 Å². The molecule has 2 heterocycles. The number of hydrogen-bond acceptors (Lipinski definition) is 4. The lowest BCUT2D eigenvalue weighted by molar-refractivity contribution is 0.346. The number of likely N-dealkylation sites (N-methyl/N-ethyl adjacent to an activating group) is 1. The average Bonchev–Trinajstić information content (AvgIpc) is 2.98. The highest BCUT2D eigenvalue weighted by Gasteiger charge is 2.13. The molecule has 0 spiro atoms. The summed E-state index contributed by atoms with van der Waals surface area (Å²) in [5, 5.41) is 3.52. The van der Waals surface area contributed by atoms with Crippen LogP contribution in [-0.4, -0.2) is 49.7 Å². The van der Waals surface area contributed by atoms with Crippen LogP contribution < -0.4 is 10.2 Å². The van der Waals surface area contributed by atoms with Gasteiger partial charge < -0.3 is 15.1 Å². The summed E-state index contributed by atoms with van der Waals surface area (Å²) in [5.41, 5.74) is 1.29. The van der Waals surface area contributed by atoms with Gasteiger partial charge in [-0.3, -0.25) is 0 Å². The molecular weight excluding hydrogens is 260 g/mol. The van der Waals surface area contributed by atoms with Gasteiger partial charge in [-0.2, -0.15) is 0 Å². The number of anilines is 1. The van der Waals surface area contributed by atoms with Crippen LogP contribution in [0.4, 0.5) is 5.82 Å². The summed E-state index contributed by atoms with van der Waals surface area (Å²) in [5.74, 6) is 1.80. The van der Waals surface area contributed by atoms with E-state index in [0.717, 1.165) is 32.0 Å². The van der Waals surface area contributed by atoms with Crippen LogP contribution in [0.3, 0.4) is 0 Å². The Bertz CT molecular complexity index is 413. The minimum atomic E-state index is 0.679. The highest BCUT2D eigenvalue weighted by atomic mass is 15.2. The predicted molar refractivity (Wildman–Crippen MR) is 89.7 cm³/mol. The first-order chi connectivity index (χ1) is 10.2. The first kappa shape index (κ1) is 16.2. The molecule has 0 bridgehead atoms. The van der Waals surface area contributed by atoms with Crippen molar-refractivity contribution < 1.29 is 0 Å². The quantitative estimate of drug-likeness (QED) is 0.796. The van der Waals surface area contributed by atoms with E-state index < -0.39 is 0 Å². The molecule has 0 amide bonds. The Kier molecular flexibility index (Phi) is 6.46. The highest BCUT2D eigenvalue weighted by molar-refractivity contribution is 5.45. The third kappa shape index (κ3) is 5.29. The van der Waals surface area contributed by atoms with Crippen molar-refractivity contribution in [1.82, 2.24) is 15.2 Å². The molecule has 0 aliphatic carbocycles. The molecule has 0 aromatic carbocycles. The summed E-state index contributed by atoms with van der Waals surface area (Å²) in [6.07, 6.45) is 4.61. The van der Waals surface area contributed by atoms with Gasteiger partial charge >= 0.3 is 0 Å². The monoisotopic (exact) mass is 290 g/mol. The van der Waals surface area contributed by atoms with Crippen LogP contribution in [0.25, 0.3) is 0 Å². The Balaban J connectivity index is 1.87. The van der Waals surface area contributed by atoms with Gasteiger partial charge in [0.15, 0.2) is 0 Å². The second-order valence-electron chi connectivity index (χ2n) is 6.48. The molecule has 1 aromatic rings. The molecule has 1 fully saturated rings. The van der Waals surface area contributed by atoms with Gasteiger partial charge in [0.2, 0.25) is 0 Å². The standard InChI is InChI=1S/C17H30N4/c1-15(2)13-18-14-16-7-6-8-19-17(16)20(3)11-12-21-9-4-5-10-21/h6-8,15,18H,4-5,9-14H2,1-3H3. The molecule has 1 N–H and O–H groups in total. The summed E-state index contributed by atoms with van der Waals surface area (Å²) in [7, 11) is 2.16. The molecule has 2 rings (SSSR count). The summed E-state index contributed by atoms with van der Waals surface area (Å²) in [4.78, 5) is 9.44. The lowest BCUT2D eigenvalue weighted by Gasteiger charge is -2.24. The Morgan fingerprint density at radius 1 is 1.33 bits per heavy atom. The van der Waals surface area contributed by atoms with E-state index in [-0.39, 0.29) is 0 Å². The maximum atomic E-state index is 4.59. The molecule has 1 aliphatic heterocycles. The number of aromatic nitrogens is 1. The van der Waals surface area contributed by atoms with Crippen molar-refractivity contribution in [2.24, 2.45) is 5.92 Å². The van der Waals surface area contributed by atoms with Crippen molar-refractivity contribution in [3.05, 3.63) is 23.9 Å². The zero-order chi connectivity index (χ0) is 15.1. The van der Waals surface area contributed by atoms with E-state index in [9.17, 15) is 0 Å². The van der Waals surface area contributed by atoms with Gasteiger partial charge in [-0.25, -0.2) is 4.98 Å². The van der Waals surface area contributed by atoms with Crippen LogP contribution in [0.5, 0.6) is 0 Å². The topological polar surface area (TPSA) is 31.4 Å². The number of nitrogens with one attached hydrogen (secondary N) is 1. The van der Waals surface area contributed by atoms with Gasteiger partial charge in [0, 0.05) is 38.4 Å². The van der Waals surface area contributed by atoms with Crippen LogP contribution in [0.2, 0.25) is 0 Å². The molecule has 1 aliphatic rings. The number of nitrogens with zero attached hydrogens (tertiary/aromatic N) is 3. The largest absolute Gasteiger partial charge is 0.358 e. The summed E-state index contributed by atoms with van der Waals surface area (Å²) < 4.78 is 0. The van der Waals surface area contributed by atoms with Crippen LogP contribution >= 0.6 is 0 Å². The molecule has 4 nitrogen and oxygen atoms in total. The Labute approximate surface area is 129 Å². The zero-order valence-corrected chi connectivity index (χ0v) is 13.8. The van der Waals surface area contributed by atoms with E-state index in [1.54, 1.807) is 0 Å². The second kappa shape index (κ2) is 8.35. The third-order valence-corrected chi connectivity index (χ3v) is 4.05. The fraction of sp³-hybridized carbons (Fsp3) is 0.706. The summed E-state index contributed by atoms with van der Waals surface area (Å²) in [6.45, 7) is 11.1. The SMILES string of the molecule is CC(C)CNCc1cccnc1N(C)CCN1CCCC1. The van der Waals surface area contributed by atoms with Crippen LogP contribution in [0.1, 0.15) is 32.3 Å². The van der Waals surface area contributed by atoms with Crippen molar-refractivity contribution in [3.8, 4) is 0 Å². The molecule has 1 aromatic heterocycles. The molecule has 1 saturated heterocycles. The average molecular weight is 290 g/mol. The molecule has 0 unspecified atom stereocenters. The maximum Gasteiger partial charge on any atom is 0.132 e. The molecule has 4 heteroatoms. The number of likely N-dealkylation sites (tertiary alicyclic amines) is 1. The molecule has 0 atom stereocenters. The van der Waals surface area contributed by atoms with Crippen LogP contribution in [-0.2, 0) is 6.54 Å². The van der Waals surface area contributed by atoms with Crippen LogP contribution in [0, 0.1) is 5.92 Å². The van der Waals surface area contributed by atoms with E-state index in [2.05, 4.69) is 47.1 Å². The van der Waals surface area contributed by atoms with E-state index in [1.165, 1.54) is 31.5 Å². The summed E-state index contributed by atoms with van der Waals surface area (Å²) >= 11 is 0. The third-order valence-electron chi connectivity index (χ3n) is 4.05. The van der Waals surface area contributed by atoms with Gasteiger partial charge in [-0.05, 0) is 44.5 Å². The van der Waals surface area contributed by atoms with E-state index >= 15 is 0 Å². The summed E-state index contributed by atoms with van der Waals surface area (Å²) in [6, 6.07) is 4.21. The van der Waals surface area contributed by atoms with Gasteiger partial charge in [-0.1, -0.05) is 19.9 Å². The maximum absolute atomic E-state index is 4.59. The van der Waals surface area contributed by atoms with Crippen LogP contribution in [0.15, 0.2) is 18.3 Å². The Morgan fingerprint density at radius 2 is 2.10 bits per heavy atom. The lowest BCUT2D eigenvalue weighted by atomic mass is 10.2. The van der Waals surface area contributed by atoms with E-state index in [1.807, 2.05) is 12.3 Å². The second-order valence-corrected chi connectivity index (χ2v) is 6.48. The van der Waals surface area contributed by atoms with E-state index in [0.29, 0.717) is 5.92 Å². The van der Waals surface area contributed by atoms with Crippen molar-refractivity contribution >= 4 is 5.82 Å². The normalized spacial score (nSPS) is 15.8. The highest BCUT2D eigenvalue weighted by Crippen LogP contribution is 2.16. The first-order valence-corrected chi connectivity index (χ1v) is 8.25. The van der Waals surface area contributed by atoms with Gasteiger partial charge in [0.1, 0.15) is 5.82 Å². The smallest absolute Gasteiger partial charge is 0.132 e. The Morgan fingerprint density at radius 3 is 2.81 bits per heavy atom. The minimum Gasteiger partial charge on any atom is -0.358 e. The van der Waals surface area contributed by atoms with E-state index in [4.69, 9.17) is 0 Å². The lowest BCUT2D eigenvalue weighted by Crippen LogP contribution is -2.32. The van der Waals surface area contributed by atoms with Crippen molar-refractivity contribution in [2.45, 2.75) is 33.2 Å². The molecule has 0 radical (unpaired) electrons. The number of pyridine rings is 1. The zero-order valence-electron chi connectivity index (χ0n) is 13.8. The first-order valence-electron chi connectivity index (χ1n) is 8.25. The molecular formula is C17H30N4. The molecule has 0 saturated carbocycles. The van der Waals surface area contributed by atoms with Crippen molar-refractivity contribution in [2.75, 3.05) is 44.7 Å².